The highest BCUT2D eigenvalue weighted by Crippen LogP contribution is 2.20. The zero-order valence-electron chi connectivity index (χ0n) is 12.1. The summed E-state index contributed by atoms with van der Waals surface area (Å²) in [5.41, 5.74) is 6.88. The second-order valence-corrected chi connectivity index (χ2v) is 6.15. The van der Waals surface area contributed by atoms with Crippen LogP contribution in [-0.4, -0.2) is 48.4 Å². The van der Waals surface area contributed by atoms with Crippen molar-refractivity contribution < 1.29 is 4.79 Å². The van der Waals surface area contributed by atoms with Crippen LogP contribution in [0, 0.1) is 5.92 Å². The van der Waals surface area contributed by atoms with Gasteiger partial charge in [0.15, 0.2) is 0 Å². The van der Waals surface area contributed by atoms with Crippen molar-refractivity contribution in [2.45, 2.75) is 13.8 Å². The molecule has 0 unspecified atom stereocenters. The van der Waals surface area contributed by atoms with Crippen molar-refractivity contribution in [2.75, 3.05) is 38.5 Å². The van der Waals surface area contributed by atoms with Gasteiger partial charge in [0, 0.05) is 43.4 Å². The summed E-state index contributed by atoms with van der Waals surface area (Å²) >= 11 is 5.86. The van der Waals surface area contributed by atoms with Gasteiger partial charge in [0.2, 0.25) is 0 Å². The first kappa shape index (κ1) is 15.1. The average Bonchev–Trinajstić information content (AvgIpc) is 2.38. The molecule has 0 radical (unpaired) electrons. The van der Waals surface area contributed by atoms with E-state index in [1.165, 1.54) is 0 Å². The van der Waals surface area contributed by atoms with Crippen molar-refractivity contribution in [1.29, 1.82) is 0 Å². The Labute approximate surface area is 125 Å². The molecule has 0 atom stereocenters. The standard InChI is InChI=1S/C15H22ClN3O/c1-11(2)10-18-5-7-19(8-6-18)15(20)13-4-3-12(16)9-14(13)17/h3-4,9,11H,5-8,10,17H2,1-2H3. The predicted octanol–water partition coefficient (Wildman–Crippen LogP) is 2.34. The van der Waals surface area contributed by atoms with Crippen LogP contribution in [-0.2, 0) is 0 Å². The maximum atomic E-state index is 12.4. The summed E-state index contributed by atoms with van der Waals surface area (Å²) in [6, 6.07) is 5.05. The number of nitrogens with two attached hydrogens (primary N) is 1. The summed E-state index contributed by atoms with van der Waals surface area (Å²) < 4.78 is 0. The second-order valence-electron chi connectivity index (χ2n) is 5.72. The van der Waals surface area contributed by atoms with E-state index in [2.05, 4.69) is 18.7 Å². The molecule has 1 aliphatic heterocycles. The summed E-state index contributed by atoms with van der Waals surface area (Å²) in [5, 5.41) is 0.556. The molecule has 0 saturated carbocycles. The van der Waals surface area contributed by atoms with Gasteiger partial charge in [-0.2, -0.15) is 0 Å². The van der Waals surface area contributed by atoms with Crippen LogP contribution in [0.25, 0.3) is 0 Å². The smallest absolute Gasteiger partial charge is 0.256 e. The number of carbonyl (C=O) groups is 1. The van der Waals surface area contributed by atoms with Crippen LogP contribution in [0.4, 0.5) is 5.69 Å². The molecule has 0 aromatic heterocycles. The number of halogens is 1. The third kappa shape index (κ3) is 3.64. The minimum atomic E-state index is 0.00311. The van der Waals surface area contributed by atoms with Gasteiger partial charge in [-0.15, -0.1) is 0 Å². The molecule has 1 fully saturated rings. The zero-order chi connectivity index (χ0) is 14.7. The van der Waals surface area contributed by atoms with E-state index in [0.29, 0.717) is 22.2 Å². The number of hydrogen-bond donors (Lipinski definition) is 1. The van der Waals surface area contributed by atoms with Crippen LogP contribution in [0.3, 0.4) is 0 Å². The normalized spacial score (nSPS) is 16.7. The number of anilines is 1. The van der Waals surface area contributed by atoms with Gasteiger partial charge in [-0.05, 0) is 24.1 Å². The minimum Gasteiger partial charge on any atom is -0.398 e. The SMILES string of the molecule is CC(C)CN1CCN(C(=O)c2ccc(Cl)cc2N)CC1. The topological polar surface area (TPSA) is 49.6 Å². The highest BCUT2D eigenvalue weighted by atomic mass is 35.5. The van der Waals surface area contributed by atoms with E-state index < -0.39 is 0 Å². The molecular formula is C15H22ClN3O. The van der Waals surface area contributed by atoms with E-state index in [1.807, 2.05) is 4.90 Å². The Morgan fingerprint density at radius 2 is 1.95 bits per heavy atom. The molecule has 110 valence electrons. The minimum absolute atomic E-state index is 0.00311. The van der Waals surface area contributed by atoms with Crippen LogP contribution in [0.15, 0.2) is 18.2 Å². The predicted molar refractivity (Wildman–Crippen MR) is 83.0 cm³/mol. The number of rotatable bonds is 3. The van der Waals surface area contributed by atoms with Gasteiger partial charge >= 0.3 is 0 Å². The van der Waals surface area contributed by atoms with Gasteiger partial charge in [-0.25, -0.2) is 0 Å². The van der Waals surface area contributed by atoms with Gasteiger partial charge in [0.05, 0.1) is 5.56 Å². The van der Waals surface area contributed by atoms with Crippen molar-refractivity contribution in [1.82, 2.24) is 9.80 Å². The summed E-state index contributed by atoms with van der Waals surface area (Å²) in [6.07, 6.45) is 0. The number of nitrogens with zero attached hydrogens (tertiary/aromatic N) is 2. The molecule has 0 bridgehead atoms. The van der Waals surface area contributed by atoms with E-state index in [4.69, 9.17) is 17.3 Å². The van der Waals surface area contributed by atoms with E-state index in [0.717, 1.165) is 32.7 Å². The monoisotopic (exact) mass is 295 g/mol. The Bertz CT molecular complexity index is 482. The molecule has 0 spiro atoms. The van der Waals surface area contributed by atoms with Crippen LogP contribution in [0.1, 0.15) is 24.2 Å². The Morgan fingerprint density at radius 1 is 1.30 bits per heavy atom. The van der Waals surface area contributed by atoms with Crippen LogP contribution in [0.5, 0.6) is 0 Å². The maximum Gasteiger partial charge on any atom is 0.256 e. The largest absolute Gasteiger partial charge is 0.398 e. The first-order chi connectivity index (χ1) is 9.47. The van der Waals surface area contributed by atoms with Gasteiger partial charge in [-0.3, -0.25) is 9.69 Å². The Morgan fingerprint density at radius 3 is 2.50 bits per heavy atom. The molecule has 1 heterocycles. The number of amides is 1. The fourth-order valence-electron chi connectivity index (χ4n) is 2.55. The molecule has 2 rings (SSSR count). The molecule has 20 heavy (non-hydrogen) atoms. The van der Waals surface area contributed by atoms with Crippen molar-refractivity contribution in [2.24, 2.45) is 5.92 Å². The molecule has 5 heteroatoms. The van der Waals surface area contributed by atoms with Crippen molar-refractivity contribution in [3.8, 4) is 0 Å². The molecule has 4 nitrogen and oxygen atoms in total. The van der Waals surface area contributed by atoms with Crippen molar-refractivity contribution in [3.63, 3.8) is 0 Å². The zero-order valence-corrected chi connectivity index (χ0v) is 12.9. The first-order valence-electron chi connectivity index (χ1n) is 7.04. The van der Waals surface area contributed by atoms with E-state index >= 15 is 0 Å². The van der Waals surface area contributed by atoms with E-state index in [-0.39, 0.29) is 5.91 Å². The van der Waals surface area contributed by atoms with E-state index in [1.54, 1.807) is 18.2 Å². The van der Waals surface area contributed by atoms with Crippen LogP contribution < -0.4 is 5.73 Å². The third-order valence-electron chi connectivity index (χ3n) is 3.53. The molecule has 0 aliphatic carbocycles. The number of piperazine rings is 1. The third-order valence-corrected chi connectivity index (χ3v) is 3.76. The second kappa shape index (κ2) is 6.46. The van der Waals surface area contributed by atoms with Gasteiger partial charge in [0.25, 0.3) is 5.91 Å². The lowest BCUT2D eigenvalue weighted by Gasteiger charge is -2.35. The van der Waals surface area contributed by atoms with Crippen LogP contribution in [0.2, 0.25) is 5.02 Å². The number of nitrogen functional groups attached to an aromatic ring is 1. The lowest BCUT2D eigenvalue weighted by atomic mass is 10.1. The number of benzene rings is 1. The van der Waals surface area contributed by atoms with Crippen molar-refractivity contribution >= 4 is 23.2 Å². The van der Waals surface area contributed by atoms with Crippen LogP contribution >= 0.6 is 11.6 Å². The molecule has 1 aromatic rings. The highest BCUT2D eigenvalue weighted by Gasteiger charge is 2.23. The molecule has 1 saturated heterocycles. The van der Waals surface area contributed by atoms with Gasteiger partial charge < -0.3 is 10.6 Å². The average molecular weight is 296 g/mol. The Balaban J connectivity index is 1.98. The van der Waals surface area contributed by atoms with Gasteiger partial charge in [0.1, 0.15) is 0 Å². The van der Waals surface area contributed by atoms with Crippen molar-refractivity contribution in [3.05, 3.63) is 28.8 Å². The number of hydrogen-bond acceptors (Lipinski definition) is 3. The maximum absolute atomic E-state index is 12.4. The molecule has 1 aromatic carbocycles. The summed E-state index contributed by atoms with van der Waals surface area (Å²) in [7, 11) is 0. The summed E-state index contributed by atoms with van der Waals surface area (Å²) in [4.78, 5) is 16.7. The summed E-state index contributed by atoms with van der Waals surface area (Å²) in [5.74, 6) is 0.660. The Kier molecular flexibility index (Phi) is 4.89. The fraction of sp³-hybridized carbons (Fsp3) is 0.533. The van der Waals surface area contributed by atoms with Gasteiger partial charge in [-0.1, -0.05) is 25.4 Å². The first-order valence-corrected chi connectivity index (χ1v) is 7.42. The molecule has 1 amide bonds. The molecule has 2 N–H and O–H groups in total. The fourth-order valence-corrected chi connectivity index (χ4v) is 2.73. The quantitative estimate of drug-likeness (QED) is 0.871. The molecule has 1 aliphatic rings. The highest BCUT2D eigenvalue weighted by molar-refractivity contribution is 6.31. The lowest BCUT2D eigenvalue weighted by Crippen LogP contribution is -2.49. The summed E-state index contributed by atoms with van der Waals surface area (Å²) in [6.45, 7) is 8.89. The Hall–Kier alpha value is -1.26. The van der Waals surface area contributed by atoms with E-state index in [9.17, 15) is 4.79 Å². The lowest BCUT2D eigenvalue weighted by molar-refractivity contribution is 0.0625. The molecular weight excluding hydrogens is 274 g/mol. The number of carbonyl (C=O) groups excluding carboxylic acids is 1.